The van der Waals surface area contributed by atoms with Crippen LogP contribution in [0.4, 0.5) is 0 Å². The molecule has 0 spiro atoms. The summed E-state index contributed by atoms with van der Waals surface area (Å²) in [4.78, 5) is 15.4. The Bertz CT molecular complexity index is 369. The molecule has 0 aliphatic carbocycles. The van der Waals surface area contributed by atoms with Crippen molar-refractivity contribution in [3.8, 4) is 0 Å². The zero-order chi connectivity index (χ0) is 12.3. The Morgan fingerprint density at radius 2 is 2.39 bits per heavy atom. The van der Waals surface area contributed by atoms with Gasteiger partial charge in [-0.25, -0.2) is 0 Å². The second-order valence-corrected chi connectivity index (χ2v) is 5.80. The number of nitrogens with zero attached hydrogens (tertiary/aromatic N) is 1. The first kappa shape index (κ1) is 15.5. The summed E-state index contributed by atoms with van der Waals surface area (Å²) in [5, 5.41) is 2.02. The summed E-state index contributed by atoms with van der Waals surface area (Å²) in [6.07, 6.45) is 2.82. The maximum absolute atomic E-state index is 12.3. The van der Waals surface area contributed by atoms with Gasteiger partial charge >= 0.3 is 0 Å². The molecule has 2 atom stereocenters. The molecule has 102 valence electrons. The molecule has 2 rings (SSSR count). The predicted molar refractivity (Wildman–Crippen MR) is 78.2 cm³/mol. The van der Waals surface area contributed by atoms with Gasteiger partial charge in [-0.2, -0.15) is 0 Å². The third-order valence-electron chi connectivity index (χ3n) is 3.58. The number of halogens is 1. The number of piperidine rings is 1. The highest BCUT2D eigenvalue weighted by molar-refractivity contribution is 7.10. The SMILES string of the molecule is CC1CCCN(C(=O)Cc2cccs2)C1CN.Cl. The number of rotatable bonds is 3. The van der Waals surface area contributed by atoms with Gasteiger partial charge in [-0.3, -0.25) is 4.79 Å². The largest absolute Gasteiger partial charge is 0.338 e. The van der Waals surface area contributed by atoms with Crippen LogP contribution in [-0.2, 0) is 11.2 Å². The number of nitrogens with two attached hydrogens (primary N) is 1. The molecular weight excluding hydrogens is 268 g/mol. The smallest absolute Gasteiger partial charge is 0.228 e. The summed E-state index contributed by atoms with van der Waals surface area (Å²) in [6.45, 7) is 3.65. The summed E-state index contributed by atoms with van der Waals surface area (Å²) in [6, 6.07) is 4.25. The highest BCUT2D eigenvalue weighted by Gasteiger charge is 2.30. The number of amides is 1. The lowest BCUT2D eigenvalue weighted by molar-refractivity contribution is -0.135. The van der Waals surface area contributed by atoms with Crippen molar-refractivity contribution in [3.05, 3.63) is 22.4 Å². The normalized spacial score (nSPS) is 23.6. The zero-order valence-corrected chi connectivity index (χ0v) is 12.3. The van der Waals surface area contributed by atoms with Crippen molar-refractivity contribution < 1.29 is 4.79 Å². The van der Waals surface area contributed by atoms with Crippen LogP contribution in [-0.4, -0.2) is 29.9 Å². The lowest BCUT2D eigenvalue weighted by Crippen LogP contribution is -2.51. The van der Waals surface area contributed by atoms with Crippen LogP contribution >= 0.6 is 23.7 Å². The lowest BCUT2D eigenvalue weighted by Gasteiger charge is -2.39. The topological polar surface area (TPSA) is 46.3 Å². The summed E-state index contributed by atoms with van der Waals surface area (Å²) in [5.41, 5.74) is 5.80. The molecular formula is C13H21ClN2OS. The standard InChI is InChI=1S/C13H20N2OS.ClH/c1-10-4-2-6-15(12(10)9-14)13(16)8-11-5-3-7-17-11;/h3,5,7,10,12H,2,4,6,8-9,14H2,1H3;1H. The van der Waals surface area contributed by atoms with Crippen LogP contribution in [0, 0.1) is 5.92 Å². The molecule has 3 nitrogen and oxygen atoms in total. The molecule has 0 aromatic carbocycles. The van der Waals surface area contributed by atoms with Gasteiger partial charge in [-0.05, 0) is 30.2 Å². The number of thiophene rings is 1. The van der Waals surface area contributed by atoms with Crippen molar-refractivity contribution in [2.24, 2.45) is 11.7 Å². The van der Waals surface area contributed by atoms with Crippen LogP contribution in [0.5, 0.6) is 0 Å². The number of hydrogen-bond donors (Lipinski definition) is 1. The molecule has 1 fully saturated rings. The second-order valence-electron chi connectivity index (χ2n) is 4.77. The van der Waals surface area contributed by atoms with Crippen molar-refractivity contribution in [2.75, 3.05) is 13.1 Å². The molecule has 1 aromatic rings. The first-order valence-corrected chi connectivity index (χ1v) is 7.12. The first-order chi connectivity index (χ1) is 8.22. The van der Waals surface area contributed by atoms with Crippen molar-refractivity contribution in [3.63, 3.8) is 0 Å². The van der Waals surface area contributed by atoms with Crippen LogP contribution in [0.1, 0.15) is 24.6 Å². The monoisotopic (exact) mass is 288 g/mol. The maximum atomic E-state index is 12.3. The van der Waals surface area contributed by atoms with E-state index in [0.29, 0.717) is 18.9 Å². The minimum Gasteiger partial charge on any atom is -0.338 e. The Kier molecular flexibility index (Phi) is 6.12. The predicted octanol–water partition coefficient (Wildman–Crippen LogP) is 2.30. The molecule has 1 amide bonds. The van der Waals surface area contributed by atoms with Gasteiger partial charge in [0.05, 0.1) is 6.42 Å². The van der Waals surface area contributed by atoms with Gasteiger partial charge in [0.2, 0.25) is 5.91 Å². The summed E-state index contributed by atoms with van der Waals surface area (Å²) >= 11 is 1.65. The summed E-state index contributed by atoms with van der Waals surface area (Å²) in [7, 11) is 0. The fraction of sp³-hybridized carbons (Fsp3) is 0.615. The van der Waals surface area contributed by atoms with E-state index in [2.05, 4.69) is 6.92 Å². The van der Waals surface area contributed by atoms with Gasteiger partial charge in [0.25, 0.3) is 0 Å². The second kappa shape index (κ2) is 7.12. The van der Waals surface area contributed by atoms with E-state index in [1.54, 1.807) is 11.3 Å². The molecule has 0 saturated carbocycles. The molecule has 2 unspecified atom stereocenters. The molecule has 2 N–H and O–H groups in total. The van der Waals surface area contributed by atoms with E-state index >= 15 is 0 Å². The van der Waals surface area contributed by atoms with Gasteiger partial charge in [0, 0.05) is 24.0 Å². The number of hydrogen-bond acceptors (Lipinski definition) is 3. The molecule has 1 saturated heterocycles. The average molecular weight is 289 g/mol. The molecule has 18 heavy (non-hydrogen) atoms. The highest BCUT2D eigenvalue weighted by atomic mass is 35.5. The van der Waals surface area contributed by atoms with Crippen molar-refractivity contribution in [2.45, 2.75) is 32.2 Å². The zero-order valence-electron chi connectivity index (χ0n) is 10.7. The van der Waals surface area contributed by atoms with Gasteiger partial charge in [-0.1, -0.05) is 13.0 Å². The van der Waals surface area contributed by atoms with Gasteiger partial charge in [-0.15, -0.1) is 23.7 Å². The Morgan fingerprint density at radius 3 is 3.00 bits per heavy atom. The van der Waals surface area contributed by atoms with E-state index in [0.717, 1.165) is 17.8 Å². The Balaban J connectivity index is 0.00000162. The fourth-order valence-electron chi connectivity index (χ4n) is 2.58. The van der Waals surface area contributed by atoms with E-state index < -0.39 is 0 Å². The fourth-order valence-corrected chi connectivity index (χ4v) is 3.28. The minimum atomic E-state index is 0. The van der Waals surface area contributed by atoms with Crippen molar-refractivity contribution in [1.29, 1.82) is 0 Å². The minimum absolute atomic E-state index is 0. The van der Waals surface area contributed by atoms with Gasteiger partial charge in [0.1, 0.15) is 0 Å². The molecule has 5 heteroatoms. The molecule has 2 heterocycles. The van der Waals surface area contributed by atoms with Crippen LogP contribution < -0.4 is 5.73 Å². The van der Waals surface area contributed by atoms with Crippen molar-refractivity contribution in [1.82, 2.24) is 4.90 Å². The molecule has 1 aliphatic heterocycles. The Labute approximate surface area is 119 Å². The van der Waals surface area contributed by atoms with Crippen LogP contribution in [0.15, 0.2) is 17.5 Å². The number of likely N-dealkylation sites (tertiary alicyclic amines) is 1. The van der Waals surface area contributed by atoms with Crippen LogP contribution in [0.25, 0.3) is 0 Å². The highest BCUT2D eigenvalue weighted by Crippen LogP contribution is 2.23. The van der Waals surface area contributed by atoms with E-state index in [9.17, 15) is 4.79 Å². The van der Waals surface area contributed by atoms with Gasteiger partial charge in [0.15, 0.2) is 0 Å². The number of carbonyl (C=O) groups excluding carboxylic acids is 1. The molecule has 0 bridgehead atoms. The maximum Gasteiger partial charge on any atom is 0.228 e. The lowest BCUT2D eigenvalue weighted by atomic mass is 9.90. The average Bonchev–Trinajstić information content (AvgIpc) is 2.81. The third kappa shape index (κ3) is 3.46. The quantitative estimate of drug-likeness (QED) is 0.928. The van der Waals surface area contributed by atoms with Crippen LogP contribution in [0.3, 0.4) is 0 Å². The Hall–Kier alpha value is -0.580. The van der Waals surface area contributed by atoms with Crippen molar-refractivity contribution >= 4 is 29.7 Å². The van der Waals surface area contributed by atoms with Crippen LogP contribution in [0.2, 0.25) is 0 Å². The number of carbonyl (C=O) groups is 1. The van der Waals surface area contributed by atoms with Gasteiger partial charge < -0.3 is 10.6 Å². The third-order valence-corrected chi connectivity index (χ3v) is 4.46. The molecule has 0 radical (unpaired) electrons. The first-order valence-electron chi connectivity index (χ1n) is 6.24. The molecule has 1 aromatic heterocycles. The van der Waals surface area contributed by atoms with E-state index in [1.807, 2.05) is 22.4 Å². The van der Waals surface area contributed by atoms with E-state index in [1.165, 1.54) is 6.42 Å². The summed E-state index contributed by atoms with van der Waals surface area (Å²) < 4.78 is 0. The summed E-state index contributed by atoms with van der Waals surface area (Å²) in [5.74, 6) is 0.760. The van der Waals surface area contributed by atoms with E-state index in [-0.39, 0.29) is 24.4 Å². The molecule has 1 aliphatic rings. The Morgan fingerprint density at radius 1 is 1.61 bits per heavy atom. The van der Waals surface area contributed by atoms with E-state index in [4.69, 9.17) is 5.73 Å².